The molecule has 0 aromatic heterocycles. The molecule has 5 heteroatoms. The van der Waals surface area contributed by atoms with Gasteiger partial charge < -0.3 is 15.3 Å². The molecular weight excluding hydrogens is 160 g/mol. The van der Waals surface area contributed by atoms with Gasteiger partial charge in [-0.05, 0) is 7.05 Å². The lowest BCUT2D eigenvalue weighted by atomic mass is 10.1. The van der Waals surface area contributed by atoms with Crippen molar-refractivity contribution in [3.05, 3.63) is 0 Å². The van der Waals surface area contributed by atoms with Crippen LogP contribution in [-0.2, 0) is 9.59 Å². The number of carboxylic acid groups (broad SMARTS) is 1. The van der Waals surface area contributed by atoms with E-state index in [1.54, 1.807) is 0 Å². The van der Waals surface area contributed by atoms with Crippen molar-refractivity contribution >= 4 is 11.9 Å². The van der Waals surface area contributed by atoms with Crippen LogP contribution >= 0.6 is 0 Å². The van der Waals surface area contributed by atoms with Gasteiger partial charge >= 0.3 is 5.97 Å². The maximum atomic E-state index is 10.9. The minimum atomic E-state index is -1.08. The van der Waals surface area contributed by atoms with Gasteiger partial charge in [0.05, 0.1) is 6.04 Å². The van der Waals surface area contributed by atoms with Crippen LogP contribution in [0, 0.1) is 0 Å². The quantitative estimate of drug-likeness (QED) is 0.530. The highest BCUT2D eigenvalue weighted by Gasteiger charge is 2.24. The average molecular weight is 172 g/mol. The number of hydrogen-bond acceptors (Lipinski definition) is 3. The lowest BCUT2D eigenvalue weighted by Crippen LogP contribution is -2.57. The van der Waals surface area contributed by atoms with E-state index in [4.69, 9.17) is 5.11 Å². The Bertz CT molecular complexity index is 199. The molecule has 1 aliphatic heterocycles. The number of carbonyl (C=O) groups excluding carboxylic acids is 1. The standard InChI is InChI=1S/C7H12N2O3/c1-9-3-5(4-9)8-6(10)2-7(11)12/h5H,2-4H2,1H3,(H,8,10)(H,11,12). The molecule has 5 nitrogen and oxygen atoms in total. The van der Waals surface area contributed by atoms with E-state index in [1.807, 2.05) is 11.9 Å². The Labute approximate surface area is 70.4 Å². The zero-order chi connectivity index (χ0) is 9.14. The summed E-state index contributed by atoms with van der Waals surface area (Å²) in [5.74, 6) is -1.49. The van der Waals surface area contributed by atoms with E-state index in [1.165, 1.54) is 0 Å². The van der Waals surface area contributed by atoms with Crippen molar-refractivity contribution in [2.24, 2.45) is 0 Å². The number of likely N-dealkylation sites (tertiary alicyclic amines) is 1. The average Bonchev–Trinajstić information content (AvgIpc) is 1.82. The summed E-state index contributed by atoms with van der Waals surface area (Å²) in [6.07, 6.45) is -0.430. The fourth-order valence-electron chi connectivity index (χ4n) is 1.21. The van der Waals surface area contributed by atoms with Crippen LogP contribution in [0.4, 0.5) is 0 Å². The molecule has 0 spiro atoms. The summed E-state index contributed by atoms with van der Waals surface area (Å²) in [5, 5.41) is 10.9. The molecule has 0 bridgehead atoms. The number of carboxylic acids is 1. The fraction of sp³-hybridized carbons (Fsp3) is 0.714. The zero-order valence-corrected chi connectivity index (χ0v) is 6.91. The Morgan fingerprint density at radius 2 is 2.17 bits per heavy atom. The molecule has 0 saturated carbocycles. The van der Waals surface area contributed by atoms with Crippen LogP contribution in [0.1, 0.15) is 6.42 Å². The summed E-state index contributed by atoms with van der Waals surface area (Å²) in [6.45, 7) is 1.62. The second-order valence-corrected chi connectivity index (χ2v) is 3.06. The van der Waals surface area contributed by atoms with Crippen LogP contribution in [0.2, 0.25) is 0 Å². The first-order chi connectivity index (χ1) is 5.58. The second-order valence-electron chi connectivity index (χ2n) is 3.06. The van der Waals surface area contributed by atoms with E-state index >= 15 is 0 Å². The van der Waals surface area contributed by atoms with Gasteiger partial charge in [0, 0.05) is 13.1 Å². The minimum Gasteiger partial charge on any atom is -0.481 e. The normalized spacial score (nSPS) is 18.4. The summed E-state index contributed by atoms with van der Waals surface area (Å²) in [7, 11) is 1.94. The van der Waals surface area contributed by atoms with Crippen LogP contribution in [0.5, 0.6) is 0 Å². The Morgan fingerprint density at radius 3 is 2.58 bits per heavy atom. The third-order valence-corrected chi connectivity index (χ3v) is 1.74. The van der Waals surface area contributed by atoms with E-state index < -0.39 is 18.3 Å². The van der Waals surface area contributed by atoms with Crippen molar-refractivity contribution in [2.45, 2.75) is 12.5 Å². The molecule has 0 aromatic rings. The van der Waals surface area contributed by atoms with Gasteiger partial charge in [0.1, 0.15) is 6.42 Å². The molecular formula is C7H12N2O3. The van der Waals surface area contributed by atoms with Gasteiger partial charge in [0.25, 0.3) is 0 Å². The molecule has 0 aromatic carbocycles. The van der Waals surface area contributed by atoms with E-state index in [2.05, 4.69) is 5.32 Å². The van der Waals surface area contributed by atoms with Crippen molar-refractivity contribution < 1.29 is 14.7 Å². The SMILES string of the molecule is CN1CC(NC(=O)CC(=O)O)C1. The van der Waals surface area contributed by atoms with Crippen LogP contribution in [0.3, 0.4) is 0 Å². The molecule has 12 heavy (non-hydrogen) atoms. The first-order valence-corrected chi connectivity index (χ1v) is 3.77. The van der Waals surface area contributed by atoms with Gasteiger partial charge in [-0.25, -0.2) is 0 Å². The van der Waals surface area contributed by atoms with Crippen LogP contribution in [0.15, 0.2) is 0 Å². The lowest BCUT2D eigenvalue weighted by molar-refractivity contribution is -0.141. The van der Waals surface area contributed by atoms with E-state index in [0.717, 1.165) is 13.1 Å². The molecule has 2 N–H and O–H groups in total. The number of amides is 1. The van der Waals surface area contributed by atoms with Crippen molar-refractivity contribution in [3.8, 4) is 0 Å². The monoisotopic (exact) mass is 172 g/mol. The van der Waals surface area contributed by atoms with Gasteiger partial charge in [-0.2, -0.15) is 0 Å². The van der Waals surface area contributed by atoms with Crippen molar-refractivity contribution in [3.63, 3.8) is 0 Å². The maximum Gasteiger partial charge on any atom is 0.312 e. The van der Waals surface area contributed by atoms with Gasteiger partial charge in [0.2, 0.25) is 5.91 Å². The third kappa shape index (κ3) is 2.50. The topological polar surface area (TPSA) is 69.6 Å². The van der Waals surface area contributed by atoms with E-state index in [0.29, 0.717) is 0 Å². The van der Waals surface area contributed by atoms with Gasteiger partial charge in [-0.3, -0.25) is 9.59 Å². The van der Waals surface area contributed by atoms with Crippen molar-refractivity contribution in [1.29, 1.82) is 0 Å². The summed E-state index contributed by atoms with van der Waals surface area (Å²) >= 11 is 0. The van der Waals surface area contributed by atoms with Crippen molar-refractivity contribution in [2.75, 3.05) is 20.1 Å². The molecule has 1 aliphatic rings. The highest BCUT2D eigenvalue weighted by atomic mass is 16.4. The molecule has 0 unspecified atom stereocenters. The molecule has 68 valence electrons. The number of aliphatic carboxylic acids is 1. The molecule has 0 atom stereocenters. The fourth-order valence-corrected chi connectivity index (χ4v) is 1.21. The van der Waals surface area contributed by atoms with Crippen molar-refractivity contribution in [1.82, 2.24) is 10.2 Å². The second kappa shape index (κ2) is 3.53. The number of carbonyl (C=O) groups is 2. The Kier molecular flexibility index (Phi) is 2.65. The van der Waals surface area contributed by atoms with Crippen LogP contribution < -0.4 is 5.32 Å². The molecule has 1 amide bonds. The highest BCUT2D eigenvalue weighted by Crippen LogP contribution is 2.03. The Hall–Kier alpha value is -1.10. The number of rotatable bonds is 3. The largest absolute Gasteiger partial charge is 0.481 e. The number of nitrogens with zero attached hydrogens (tertiary/aromatic N) is 1. The summed E-state index contributed by atoms with van der Waals surface area (Å²) < 4.78 is 0. The molecule has 0 radical (unpaired) electrons. The summed E-state index contributed by atoms with van der Waals surface area (Å²) in [5.41, 5.74) is 0. The van der Waals surface area contributed by atoms with E-state index in [9.17, 15) is 9.59 Å². The Balaban J connectivity index is 2.15. The predicted molar refractivity (Wildman–Crippen MR) is 41.7 cm³/mol. The highest BCUT2D eigenvalue weighted by molar-refractivity contribution is 5.93. The number of nitrogens with one attached hydrogen (secondary N) is 1. The molecule has 0 aliphatic carbocycles. The maximum absolute atomic E-state index is 10.9. The molecule has 1 heterocycles. The molecule has 1 rings (SSSR count). The van der Waals surface area contributed by atoms with Gasteiger partial charge in [-0.15, -0.1) is 0 Å². The minimum absolute atomic E-state index is 0.141. The first-order valence-electron chi connectivity index (χ1n) is 3.77. The van der Waals surface area contributed by atoms with E-state index in [-0.39, 0.29) is 6.04 Å². The van der Waals surface area contributed by atoms with Crippen LogP contribution in [0.25, 0.3) is 0 Å². The van der Waals surface area contributed by atoms with Gasteiger partial charge in [-0.1, -0.05) is 0 Å². The number of likely N-dealkylation sites (N-methyl/N-ethyl adjacent to an activating group) is 1. The number of hydrogen-bond donors (Lipinski definition) is 2. The summed E-state index contributed by atoms with van der Waals surface area (Å²) in [4.78, 5) is 23.0. The first kappa shape index (κ1) is 8.99. The molecule has 1 fully saturated rings. The smallest absolute Gasteiger partial charge is 0.312 e. The predicted octanol–water partition coefficient (Wildman–Crippen LogP) is -1.11. The van der Waals surface area contributed by atoms with Gasteiger partial charge in [0.15, 0.2) is 0 Å². The summed E-state index contributed by atoms with van der Waals surface area (Å²) in [6, 6.07) is 0.141. The molecule has 1 saturated heterocycles. The Morgan fingerprint density at radius 1 is 1.58 bits per heavy atom. The third-order valence-electron chi connectivity index (χ3n) is 1.74. The zero-order valence-electron chi connectivity index (χ0n) is 6.91. The van der Waals surface area contributed by atoms with Crippen LogP contribution in [-0.4, -0.2) is 48.1 Å². The lowest BCUT2D eigenvalue weighted by Gasteiger charge is -2.36.